The lowest BCUT2D eigenvalue weighted by atomic mass is 9.88. The molecule has 5 rings (SSSR count). The second-order valence-corrected chi connectivity index (χ2v) is 9.51. The van der Waals surface area contributed by atoms with Crippen LogP contribution in [-0.2, 0) is 30.7 Å². The number of rotatable bonds is 5. The minimum absolute atomic E-state index is 0.180. The highest BCUT2D eigenvalue weighted by molar-refractivity contribution is 7.26. The number of nitrogens with one attached hydrogen (secondary N) is 1. The normalized spacial score (nSPS) is 15.4. The predicted octanol–water partition coefficient (Wildman–Crippen LogP) is 5.66. The third kappa shape index (κ3) is 3.44. The summed E-state index contributed by atoms with van der Waals surface area (Å²) >= 11 is 1.70. The summed E-state index contributed by atoms with van der Waals surface area (Å²) in [6.07, 6.45) is 4.59. The molecular weight excluding hydrogens is 392 g/mol. The smallest absolute Gasteiger partial charge is 0.147 e. The Morgan fingerprint density at radius 2 is 1.97 bits per heavy atom. The maximum atomic E-state index is 6.15. The van der Waals surface area contributed by atoms with E-state index >= 15 is 0 Å². The predicted molar refractivity (Wildman–Crippen MR) is 123 cm³/mol. The SMILES string of the molecule is CCCc1nc2sc3c(NCc4ccccc4)ncnc3c2c2c1COC(C)(C)C2. The molecular formula is C24H26N4OS. The van der Waals surface area contributed by atoms with Gasteiger partial charge in [-0.3, -0.25) is 0 Å². The van der Waals surface area contributed by atoms with Gasteiger partial charge in [-0.15, -0.1) is 11.3 Å². The number of hydrogen-bond acceptors (Lipinski definition) is 6. The second-order valence-electron chi connectivity index (χ2n) is 8.51. The molecule has 3 aromatic heterocycles. The fourth-order valence-corrected chi connectivity index (χ4v) is 5.37. The van der Waals surface area contributed by atoms with Crippen molar-refractivity contribution in [3.05, 3.63) is 59.0 Å². The minimum atomic E-state index is -0.180. The first-order valence-corrected chi connectivity index (χ1v) is 11.4. The Bertz CT molecular complexity index is 1220. The molecule has 154 valence electrons. The molecule has 5 nitrogen and oxygen atoms in total. The van der Waals surface area contributed by atoms with Crippen LogP contribution in [0.3, 0.4) is 0 Å². The van der Waals surface area contributed by atoms with Crippen molar-refractivity contribution in [3.8, 4) is 0 Å². The molecule has 0 unspecified atom stereocenters. The van der Waals surface area contributed by atoms with E-state index in [-0.39, 0.29) is 5.60 Å². The van der Waals surface area contributed by atoms with Crippen LogP contribution in [0, 0.1) is 0 Å². The number of aromatic nitrogens is 3. The average Bonchev–Trinajstić information content (AvgIpc) is 3.11. The number of pyridine rings is 1. The van der Waals surface area contributed by atoms with Crippen LogP contribution in [0.5, 0.6) is 0 Å². The molecule has 1 aliphatic heterocycles. The molecule has 1 N–H and O–H groups in total. The van der Waals surface area contributed by atoms with Crippen molar-refractivity contribution < 1.29 is 4.74 Å². The van der Waals surface area contributed by atoms with Gasteiger partial charge < -0.3 is 10.1 Å². The zero-order chi connectivity index (χ0) is 20.7. The molecule has 0 saturated carbocycles. The second kappa shape index (κ2) is 7.60. The van der Waals surface area contributed by atoms with Gasteiger partial charge in [0.15, 0.2) is 0 Å². The fraction of sp³-hybridized carbons (Fsp3) is 0.375. The highest BCUT2D eigenvalue weighted by Crippen LogP contribution is 2.42. The van der Waals surface area contributed by atoms with Crippen molar-refractivity contribution in [2.24, 2.45) is 0 Å². The first kappa shape index (κ1) is 19.4. The number of benzene rings is 1. The van der Waals surface area contributed by atoms with E-state index < -0.39 is 0 Å². The largest absolute Gasteiger partial charge is 0.370 e. The van der Waals surface area contributed by atoms with Crippen molar-refractivity contribution in [3.63, 3.8) is 0 Å². The molecule has 1 aliphatic rings. The number of nitrogens with zero attached hydrogens (tertiary/aromatic N) is 3. The zero-order valence-corrected chi connectivity index (χ0v) is 18.5. The first-order valence-electron chi connectivity index (χ1n) is 10.6. The summed E-state index contributed by atoms with van der Waals surface area (Å²) < 4.78 is 7.23. The monoisotopic (exact) mass is 418 g/mol. The van der Waals surface area contributed by atoms with Gasteiger partial charge in [-0.1, -0.05) is 43.7 Å². The van der Waals surface area contributed by atoms with E-state index in [0.717, 1.165) is 46.7 Å². The topological polar surface area (TPSA) is 59.9 Å². The van der Waals surface area contributed by atoms with Gasteiger partial charge in [0, 0.05) is 29.6 Å². The summed E-state index contributed by atoms with van der Waals surface area (Å²) in [7, 11) is 0. The van der Waals surface area contributed by atoms with Crippen molar-refractivity contribution >= 4 is 37.6 Å². The Hall–Kier alpha value is -2.57. The highest BCUT2D eigenvalue weighted by atomic mass is 32.1. The standard InChI is InChI=1S/C24H26N4OS/c1-4-8-18-17-13-29-24(2,3)11-16(17)19-20-21(30-23(19)28-18)22(27-14-26-20)25-12-15-9-6-5-7-10-15/h5-7,9-10,14H,4,8,11-13H2,1-3H3,(H,25,26,27). The first-order chi connectivity index (χ1) is 14.6. The van der Waals surface area contributed by atoms with E-state index in [1.807, 2.05) is 6.07 Å². The minimum Gasteiger partial charge on any atom is -0.370 e. The molecule has 4 aromatic rings. The molecule has 0 bridgehead atoms. The van der Waals surface area contributed by atoms with Crippen LogP contribution in [0.15, 0.2) is 36.7 Å². The van der Waals surface area contributed by atoms with E-state index in [9.17, 15) is 0 Å². The number of fused-ring (bicyclic) bond motifs is 5. The number of hydrogen-bond donors (Lipinski definition) is 1. The third-order valence-electron chi connectivity index (χ3n) is 5.70. The van der Waals surface area contributed by atoms with Crippen molar-refractivity contribution in [1.82, 2.24) is 15.0 Å². The lowest BCUT2D eigenvalue weighted by molar-refractivity contribution is -0.0401. The molecule has 4 heterocycles. The van der Waals surface area contributed by atoms with E-state index in [1.54, 1.807) is 17.7 Å². The van der Waals surface area contributed by atoms with Crippen LogP contribution in [-0.4, -0.2) is 20.6 Å². The summed E-state index contributed by atoms with van der Waals surface area (Å²) in [4.78, 5) is 15.4. The zero-order valence-electron chi connectivity index (χ0n) is 17.7. The van der Waals surface area contributed by atoms with Crippen molar-refractivity contribution in [2.45, 2.75) is 58.8 Å². The van der Waals surface area contributed by atoms with Gasteiger partial charge >= 0.3 is 0 Å². The quantitative estimate of drug-likeness (QED) is 0.453. The number of thiophene rings is 1. The number of anilines is 1. The third-order valence-corrected chi connectivity index (χ3v) is 6.78. The molecule has 0 saturated heterocycles. The van der Waals surface area contributed by atoms with E-state index in [4.69, 9.17) is 14.7 Å². The van der Waals surface area contributed by atoms with Crippen LogP contribution in [0.1, 0.15) is 49.6 Å². The Kier molecular flexibility index (Phi) is 4.91. The maximum Gasteiger partial charge on any atom is 0.147 e. The number of aryl methyl sites for hydroxylation is 1. The van der Waals surface area contributed by atoms with Gasteiger partial charge in [0.1, 0.15) is 17.0 Å². The van der Waals surface area contributed by atoms with E-state index in [1.165, 1.54) is 27.8 Å². The van der Waals surface area contributed by atoms with Gasteiger partial charge in [-0.2, -0.15) is 0 Å². The Morgan fingerprint density at radius 1 is 1.13 bits per heavy atom. The molecule has 0 fully saturated rings. The molecule has 0 spiro atoms. The van der Waals surface area contributed by atoms with Gasteiger partial charge in [0.2, 0.25) is 0 Å². The van der Waals surface area contributed by atoms with Crippen molar-refractivity contribution in [2.75, 3.05) is 5.32 Å². The molecule has 6 heteroatoms. The van der Waals surface area contributed by atoms with Gasteiger partial charge in [-0.25, -0.2) is 15.0 Å². The van der Waals surface area contributed by atoms with Gasteiger partial charge in [0.25, 0.3) is 0 Å². The molecule has 1 aromatic carbocycles. The molecule has 0 aliphatic carbocycles. The summed E-state index contributed by atoms with van der Waals surface area (Å²) in [6, 6.07) is 10.4. The molecule has 0 radical (unpaired) electrons. The van der Waals surface area contributed by atoms with Crippen LogP contribution in [0.25, 0.3) is 20.4 Å². The Morgan fingerprint density at radius 3 is 2.77 bits per heavy atom. The van der Waals surface area contributed by atoms with Gasteiger partial charge in [-0.05, 0) is 31.4 Å². The van der Waals surface area contributed by atoms with Crippen LogP contribution >= 0.6 is 11.3 Å². The lowest BCUT2D eigenvalue weighted by Crippen LogP contribution is -2.32. The van der Waals surface area contributed by atoms with Crippen LogP contribution in [0.4, 0.5) is 5.82 Å². The van der Waals surface area contributed by atoms with Crippen LogP contribution in [0.2, 0.25) is 0 Å². The van der Waals surface area contributed by atoms with E-state index in [2.05, 4.69) is 55.3 Å². The Labute approximate surface area is 180 Å². The fourth-order valence-electron chi connectivity index (χ4n) is 4.22. The Balaban J connectivity index is 1.65. The van der Waals surface area contributed by atoms with Gasteiger partial charge in [0.05, 0.1) is 22.4 Å². The summed E-state index contributed by atoms with van der Waals surface area (Å²) in [5, 5.41) is 4.69. The van der Waals surface area contributed by atoms with Crippen LogP contribution < -0.4 is 5.32 Å². The summed E-state index contributed by atoms with van der Waals surface area (Å²) in [5.41, 5.74) is 5.85. The molecule has 0 atom stereocenters. The van der Waals surface area contributed by atoms with Crippen molar-refractivity contribution in [1.29, 1.82) is 0 Å². The lowest BCUT2D eigenvalue weighted by Gasteiger charge is -2.33. The molecule has 0 amide bonds. The molecule has 30 heavy (non-hydrogen) atoms. The summed E-state index contributed by atoms with van der Waals surface area (Å²) in [6.45, 7) is 7.89. The highest BCUT2D eigenvalue weighted by Gasteiger charge is 2.31. The van der Waals surface area contributed by atoms with E-state index in [0.29, 0.717) is 6.61 Å². The average molecular weight is 419 g/mol. The maximum absolute atomic E-state index is 6.15. The summed E-state index contributed by atoms with van der Waals surface area (Å²) in [5.74, 6) is 0.879. The number of ether oxygens (including phenoxy) is 1.